The molecule has 2 heterocycles. The molecule has 0 saturated carbocycles. The molecule has 0 saturated heterocycles. The number of ether oxygens (including phenoxy) is 1. The number of nitrogens with zero attached hydrogens (tertiary/aromatic N) is 2. The molecule has 156 valence electrons. The maximum Gasteiger partial charge on any atom is 0.254 e. The fraction of sp³-hybridized carbons (Fsp3) is 0.150. The summed E-state index contributed by atoms with van der Waals surface area (Å²) in [5, 5.41) is 5.02. The molecule has 0 radical (unpaired) electrons. The molecule has 10 heteroatoms. The van der Waals surface area contributed by atoms with Crippen LogP contribution in [0.1, 0.15) is 14.5 Å². The van der Waals surface area contributed by atoms with Crippen molar-refractivity contribution in [3.05, 3.63) is 59.5 Å². The van der Waals surface area contributed by atoms with Gasteiger partial charge in [0.25, 0.3) is 5.91 Å². The van der Waals surface area contributed by atoms with Crippen LogP contribution in [0.3, 0.4) is 0 Å². The van der Waals surface area contributed by atoms with Gasteiger partial charge in [0.2, 0.25) is 0 Å². The number of benzene rings is 1. The fourth-order valence-corrected chi connectivity index (χ4v) is 3.46. The Hall–Kier alpha value is -3.17. The molecule has 3 aromatic rings. The van der Waals surface area contributed by atoms with Crippen molar-refractivity contribution in [2.45, 2.75) is 4.90 Å². The van der Waals surface area contributed by atoms with Gasteiger partial charge >= 0.3 is 0 Å². The van der Waals surface area contributed by atoms with Crippen LogP contribution in [0.25, 0.3) is 11.3 Å². The maximum atomic E-state index is 12.5. The first-order chi connectivity index (χ1) is 15.4. The highest BCUT2D eigenvalue weighted by Crippen LogP contribution is 2.38. The van der Waals surface area contributed by atoms with Gasteiger partial charge in [-0.05, 0) is 30.3 Å². The second-order valence-electron chi connectivity index (χ2n) is 6.17. The number of rotatable bonds is 6. The van der Waals surface area contributed by atoms with Crippen molar-refractivity contribution in [3.8, 4) is 17.0 Å². The van der Waals surface area contributed by atoms with Gasteiger partial charge in [-0.15, -0.1) is 0 Å². The molecule has 0 spiro atoms. The van der Waals surface area contributed by atoms with Gasteiger partial charge in [0, 0.05) is 35.3 Å². The van der Waals surface area contributed by atoms with Crippen molar-refractivity contribution in [1.29, 1.82) is 0 Å². The monoisotopic (exact) mass is 449 g/mol. The Kier molecular flexibility index (Phi) is 5.11. The lowest BCUT2D eigenvalue weighted by Gasteiger charge is -2.17. The lowest BCUT2D eigenvalue weighted by atomic mass is 10.1. The number of hydrogen-bond acceptors (Lipinski definition) is 7. The molecule has 2 aromatic heterocycles. The van der Waals surface area contributed by atoms with Crippen LogP contribution < -0.4 is 15.4 Å². The highest BCUT2D eigenvalue weighted by molar-refractivity contribution is 7.90. The van der Waals surface area contributed by atoms with Crippen LogP contribution in [-0.4, -0.2) is 44.6 Å². The van der Waals surface area contributed by atoms with E-state index in [-0.39, 0.29) is 21.3 Å². The highest BCUT2D eigenvalue weighted by Gasteiger charge is 2.17. The second-order valence-corrected chi connectivity index (χ2v) is 8.57. The lowest BCUT2D eigenvalue weighted by Crippen LogP contribution is -2.19. The Morgan fingerprint density at radius 1 is 1.17 bits per heavy atom. The summed E-state index contributed by atoms with van der Waals surface area (Å²) in [4.78, 5) is 20.6. The number of sulfone groups is 1. The molecule has 0 bridgehead atoms. The molecule has 0 fully saturated rings. The van der Waals surface area contributed by atoms with Crippen molar-refractivity contribution < 1.29 is 22.1 Å². The van der Waals surface area contributed by atoms with Crippen LogP contribution in [-0.2, 0) is 9.84 Å². The standard InChI is InChI=1S/C20H19ClN4O4S/c1-22-20(26)14-11-24-18(21)9-17(14)25-16-6-4-5-13(19(16)29-2)15-8-7-12(10-23-15)30(3,27)28/h4-11H,1-3H3,(H,22,26)(H,24,25)/i1D3. The smallest absolute Gasteiger partial charge is 0.254 e. The van der Waals surface area contributed by atoms with E-state index in [2.05, 4.69) is 15.3 Å². The number of aromatic nitrogens is 2. The summed E-state index contributed by atoms with van der Waals surface area (Å²) in [5.74, 6) is -0.512. The number of pyridine rings is 2. The first kappa shape index (κ1) is 17.7. The summed E-state index contributed by atoms with van der Waals surface area (Å²) in [6.07, 6.45) is 3.51. The minimum atomic E-state index is -3.40. The summed E-state index contributed by atoms with van der Waals surface area (Å²) in [5.41, 5.74) is 1.59. The van der Waals surface area contributed by atoms with Gasteiger partial charge in [-0.25, -0.2) is 13.4 Å². The van der Waals surface area contributed by atoms with Crippen molar-refractivity contribution in [2.75, 3.05) is 25.7 Å². The van der Waals surface area contributed by atoms with Crippen LogP contribution in [0.5, 0.6) is 5.75 Å². The van der Waals surface area contributed by atoms with E-state index in [9.17, 15) is 13.2 Å². The molecule has 0 aliphatic heterocycles. The summed E-state index contributed by atoms with van der Waals surface area (Å²) in [6.45, 7) is -2.69. The summed E-state index contributed by atoms with van der Waals surface area (Å²) in [6, 6.07) is 9.48. The molecule has 0 unspecified atom stereocenters. The zero-order chi connectivity index (χ0) is 24.4. The summed E-state index contributed by atoms with van der Waals surface area (Å²) >= 11 is 5.99. The van der Waals surface area contributed by atoms with Crippen LogP contribution in [0.2, 0.25) is 5.15 Å². The third kappa shape index (κ3) is 4.52. The minimum absolute atomic E-state index is 0.0430. The molecule has 3 rings (SSSR count). The largest absolute Gasteiger partial charge is 0.494 e. The predicted molar refractivity (Wildman–Crippen MR) is 115 cm³/mol. The minimum Gasteiger partial charge on any atom is -0.494 e. The number of amides is 1. The number of anilines is 2. The third-order valence-electron chi connectivity index (χ3n) is 4.16. The van der Waals surface area contributed by atoms with Gasteiger partial charge in [-0.1, -0.05) is 17.7 Å². The van der Waals surface area contributed by atoms with E-state index in [1.54, 1.807) is 24.3 Å². The molecule has 0 atom stereocenters. The average Bonchev–Trinajstić information content (AvgIpc) is 2.72. The van der Waals surface area contributed by atoms with Crippen LogP contribution in [0, 0.1) is 0 Å². The average molecular weight is 450 g/mol. The molecule has 1 aromatic carbocycles. The molecular formula is C20H19ClN4O4S. The Balaban J connectivity index is 2.03. The number of carbonyl (C=O) groups is 1. The van der Waals surface area contributed by atoms with E-state index < -0.39 is 22.7 Å². The predicted octanol–water partition coefficient (Wildman–Crippen LogP) is 3.31. The number of para-hydroxylation sites is 1. The molecule has 30 heavy (non-hydrogen) atoms. The number of halogens is 1. The van der Waals surface area contributed by atoms with Crippen molar-refractivity contribution in [3.63, 3.8) is 0 Å². The number of nitrogens with one attached hydrogen (secondary N) is 2. The molecular weight excluding hydrogens is 428 g/mol. The highest BCUT2D eigenvalue weighted by atomic mass is 35.5. The normalized spacial score (nSPS) is 13.0. The van der Waals surface area contributed by atoms with E-state index in [4.69, 9.17) is 20.5 Å². The Bertz CT molecular complexity index is 1300. The van der Waals surface area contributed by atoms with Crippen LogP contribution in [0.4, 0.5) is 11.4 Å². The quantitative estimate of drug-likeness (QED) is 0.555. The third-order valence-corrected chi connectivity index (χ3v) is 5.46. The Morgan fingerprint density at radius 2 is 1.97 bits per heavy atom. The summed E-state index contributed by atoms with van der Waals surface area (Å²) in [7, 11) is -1.96. The van der Waals surface area contributed by atoms with Crippen molar-refractivity contribution >= 4 is 38.7 Å². The van der Waals surface area contributed by atoms with Gasteiger partial charge < -0.3 is 15.4 Å². The lowest BCUT2D eigenvalue weighted by molar-refractivity contribution is 0.0963. The molecule has 2 N–H and O–H groups in total. The second kappa shape index (κ2) is 8.68. The maximum absolute atomic E-state index is 12.5. The zero-order valence-corrected chi connectivity index (χ0v) is 17.5. The van der Waals surface area contributed by atoms with Gasteiger partial charge in [0.1, 0.15) is 5.15 Å². The van der Waals surface area contributed by atoms with Gasteiger partial charge in [0.15, 0.2) is 15.6 Å². The SMILES string of the molecule is [2H]C([2H])([2H])NC(=O)c1cnc(Cl)cc1Nc1cccc(-c2ccc(S(C)(=O)=O)cn2)c1OC. The van der Waals surface area contributed by atoms with Crippen molar-refractivity contribution in [1.82, 2.24) is 15.3 Å². The fourth-order valence-electron chi connectivity index (χ4n) is 2.74. The molecule has 8 nitrogen and oxygen atoms in total. The van der Waals surface area contributed by atoms with Gasteiger partial charge in [0.05, 0.1) is 34.6 Å². The molecule has 0 aliphatic carbocycles. The van der Waals surface area contributed by atoms with E-state index in [0.29, 0.717) is 22.7 Å². The number of hydrogen-bond donors (Lipinski definition) is 2. The number of methoxy groups -OCH3 is 1. The first-order valence-electron chi connectivity index (χ1n) is 9.97. The van der Waals surface area contributed by atoms with E-state index in [1.807, 2.05) is 5.32 Å². The molecule has 0 aliphatic rings. The van der Waals surface area contributed by atoms with Crippen LogP contribution >= 0.6 is 11.6 Å². The zero-order valence-electron chi connectivity index (χ0n) is 18.9. The Morgan fingerprint density at radius 3 is 2.60 bits per heavy atom. The van der Waals surface area contributed by atoms with Crippen molar-refractivity contribution in [2.24, 2.45) is 0 Å². The summed E-state index contributed by atoms with van der Waals surface area (Å²) < 4.78 is 50.7. The first-order valence-corrected chi connectivity index (χ1v) is 10.7. The Labute approximate surface area is 183 Å². The number of carbonyl (C=O) groups excluding carboxylic acids is 1. The topological polar surface area (TPSA) is 110 Å². The van der Waals surface area contributed by atoms with E-state index in [0.717, 1.165) is 12.5 Å². The van der Waals surface area contributed by atoms with Gasteiger partial charge in [-0.3, -0.25) is 9.78 Å². The molecule has 1 amide bonds. The van der Waals surface area contributed by atoms with E-state index in [1.165, 1.54) is 25.4 Å². The van der Waals surface area contributed by atoms with E-state index >= 15 is 0 Å². The van der Waals surface area contributed by atoms with Crippen LogP contribution in [0.15, 0.2) is 53.7 Å². The van der Waals surface area contributed by atoms with Gasteiger partial charge in [-0.2, -0.15) is 0 Å².